The third-order valence-corrected chi connectivity index (χ3v) is 3.22. The van der Waals surface area contributed by atoms with Crippen molar-refractivity contribution in [1.82, 2.24) is 5.32 Å². The lowest BCUT2D eigenvalue weighted by Gasteiger charge is -2.30. The van der Waals surface area contributed by atoms with Crippen LogP contribution in [0.4, 0.5) is 4.79 Å². The van der Waals surface area contributed by atoms with E-state index in [1.165, 1.54) is 12.8 Å². The van der Waals surface area contributed by atoms with Crippen molar-refractivity contribution in [2.45, 2.75) is 64.6 Å². The number of amides is 1. The molecule has 0 bridgehead atoms. The zero-order valence-electron chi connectivity index (χ0n) is 11.4. The third kappa shape index (κ3) is 4.94. The number of hydrogen-bond acceptors (Lipinski definition) is 3. The maximum atomic E-state index is 11.5. The number of nitrogens with one attached hydrogen (secondary N) is 1. The first-order chi connectivity index (χ1) is 7.71. The number of hydrogen-bond donors (Lipinski definition) is 2. The third-order valence-electron chi connectivity index (χ3n) is 3.22. The highest BCUT2D eigenvalue weighted by atomic mass is 16.6. The van der Waals surface area contributed by atoms with E-state index in [4.69, 9.17) is 4.74 Å². The molecule has 0 saturated heterocycles. The number of rotatable bonds is 3. The average molecular weight is 243 g/mol. The van der Waals surface area contributed by atoms with Crippen LogP contribution >= 0.6 is 0 Å². The van der Waals surface area contributed by atoms with Gasteiger partial charge in [-0.05, 0) is 46.5 Å². The first kappa shape index (κ1) is 14.3. The van der Waals surface area contributed by atoms with E-state index in [0.717, 1.165) is 12.8 Å². The number of ether oxygens (including phenoxy) is 1. The van der Waals surface area contributed by atoms with E-state index in [-0.39, 0.29) is 12.5 Å². The molecule has 1 unspecified atom stereocenters. The predicted octanol–water partition coefficient (Wildman–Crippen LogP) is 2.45. The average Bonchev–Trinajstić information content (AvgIpc) is 2.65. The van der Waals surface area contributed by atoms with Gasteiger partial charge in [-0.3, -0.25) is 0 Å². The van der Waals surface area contributed by atoms with Gasteiger partial charge in [0.15, 0.2) is 0 Å². The summed E-state index contributed by atoms with van der Waals surface area (Å²) in [6.07, 6.45) is 3.97. The molecular formula is C13H25NO3. The monoisotopic (exact) mass is 243 g/mol. The van der Waals surface area contributed by atoms with Crippen LogP contribution in [0.5, 0.6) is 0 Å². The number of alkyl carbamates (subject to hydrolysis) is 1. The van der Waals surface area contributed by atoms with Gasteiger partial charge in [-0.1, -0.05) is 12.8 Å². The lowest BCUT2D eigenvalue weighted by molar-refractivity contribution is -0.00355. The van der Waals surface area contributed by atoms with E-state index in [9.17, 15) is 9.90 Å². The summed E-state index contributed by atoms with van der Waals surface area (Å²) in [5.41, 5.74) is -1.32. The van der Waals surface area contributed by atoms with Crippen LogP contribution in [0.2, 0.25) is 0 Å². The van der Waals surface area contributed by atoms with E-state index in [0.29, 0.717) is 0 Å². The SMILES string of the molecule is CC(C)(C)OC(=O)NCC(C)(O)C1CCCC1. The molecular weight excluding hydrogens is 218 g/mol. The van der Waals surface area contributed by atoms with Crippen LogP contribution in [-0.2, 0) is 4.74 Å². The Morgan fingerprint density at radius 2 is 1.82 bits per heavy atom. The fourth-order valence-electron chi connectivity index (χ4n) is 2.26. The number of carbonyl (C=O) groups is 1. The Morgan fingerprint density at radius 1 is 1.29 bits per heavy atom. The summed E-state index contributed by atoms with van der Waals surface area (Å²) < 4.78 is 5.13. The topological polar surface area (TPSA) is 58.6 Å². The second-order valence-corrected chi connectivity index (χ2v) is 6.19. The molecule has 0 aromatic heterocycles. The molecule has 1 atom stereocenters. The Kier molecular flexibility index (Phi) is 4.42. The minimum Gasteiger partial charge on any atom is -0.444 e. The highest BCUT2D eigenvalue weighted by Crippen LogP contribution is 2.33. The minimum atomic E-state index is -0.826. The van der Waals surface area contributed by atoms with Crippen molar-refractivity contribution < 1.29 is 14.6 Å². The summed E-state index contributed by atoms with van der Waals surface area (Å²) in [4.78, 5) is 11.5. The molecule has 100 valence electrons. The van der Waals surface area contributed by atoms with Crippen molar-refractivity contribution in [3.8, 4) is 0 Å². The molecule has 0 aromatic rings. The zero-order valence-corrected chi connectivity index (χ0v) is 11.4. The lowest BCUT2D eigenvalue weighted by atomic mass is 9.88. The molecule has 17 heavy (non-hydrogen) atoms. The molecule has 0 aromatic carbocycles. The Bertz CT molecular complexity index is 262. The van der Waals surface area contributed by atoms with Crippen molar-refractivity contribution in [2.75, 3.05) is 6.54 Å². The van der Waals surface area contributed by atoms with Gasteiger partial charge in [0.05, 0.1) is 5.60 Å². The Balaban J connectivity index is 2.36. The Morgan fingerprint density at radius 3 is 2.29 bits per heavy atom. The van der Waals surface area contributed by atoms with Gasteiger partial charge in [0, 0.05) is 6.54 Å². The molecule has 1 rings (SSSR count). The van der Waals surface area contributed by atoms with Crippen LogP contribution < -0.4 is 5.32 Å². The first-order valence-electron chi connectivity index (χ1n) is 6.40. The fourth-order valence-corrected chi connectivity index (χ4v) is 2.26. The van der Waals surface area contributed by atoms with Crippen molar-refractivity contribution in [3.63, 3.8) is 0 Å². The molecule has 2 N–H and O–H groups in total. The molecule has 0 radical (unpaired) electrons. The van der Waals surface area contributed by atoms with Gasteiger partial charge >= 0.3 is 6.09 Å². The van der Waals surface area contributed by atoms with Gasteiger partial charge in [0.25, 0.3) is 0 Å². The first-order valence-corrected chi connectivity index (χ1v) is 6.40. The van der Waals surface area contributed by atoms with Crippen molar-refractivity contribution >= 4 is 6.09 Å². The largest absolute Gasteiger partial charge is 0.444 e. The van der Waals surface area contributed by atoms with Gasteiger partial charge in [-0.2, -0.15) is 0 Å². The Hall–Kier alpha value is -0.770. The summed E-state index contributed by atoms with van der Waals surface area (Å²) >= 11 is 0. The van der Waals surface area contributed by atoms with Gasteiger partial charge in [0.1, 0.15) is 5.60 Å². The maximum absolute atomic E-state index is 11.5. The summed E-state index contributed by atoms with van der Waals surface area (Å²) in [7, 11) is 0. The quantitative estimate of drug-likeness (QED) is 0.800. The lowest BCUT2D eigenvalue weighted by Crippen LogP contribution is -2.46. The highest BCUT2D eigenvalue weighted by Gasteiger charge is 2.34. The molecule has 1 aliphatic carbocycles. The van der Waals surface area contributed by atoms with Crippen molar-refractivity contribution in [3.05, 3.63) is 0 Å². The second kappa shape index (κ2) is 5.25. The standard InChI is InChI=1S/C13H25NO3/c1-12(2,3)17-11(15)14-9-13(4,16)10-7-5-6-8-10/h10,16H,5-9H2,1-4H3,(H,14,15). The van der Waals surface area contributed by atoms with Crippen molar-refractivity contribution in [2.24, 2.45) is 5.92 Å². The van der Waals surface area contributed by atoms with Crippen LogP contribution in [-0.4, -0.2) is 28.9 Å². The molecule has 1 saturated carbocycles. The molecule has 1 fully saturated rings. The molecule has 1 aliphatic rings. The van der Waals surface area contributed by atoms with E-state index < -0.39 is 17.3 Å². The molecule has 4 nitrogen and oxygen atoms in total. The van der Waals surface area contributed by atoms with E-state index >= 15 is 0 Å². The van der Waals surface area contributed by atoms with Crippen LogP contribution in [0, 0.1) is 5.92 Å². The minimum absolute atomic E-state index is 0.257. The normalized spacial score (nSPS) is 21.0. The predicted molar refractivity (Wildman–Crippen MR) is 66.8 cm³/mol. The van der Waals surface area contributed by atoms with Crippen LogP contribution in [0.3, 0.4) is 0 Å². The maximum Gasteiger partial charge on any atom is 0.407 e. The fraction of sp³-hybridized carbons (Fsp3) is 0.923. The smallest absolute Gasteiger partial charge is 0.407 e. The zero-order chi connectivity index (χ0) is 13.1. The molecule has 1 amide bonds. The summed E-state index contributed by atoms with van der Waals surface area (Å²) in [5.74, 6) is 0.289. The van der Waals surface area contributed by atoms with E-state index in [2.05, 4.69) is 5.32 Å². The second-order valence-electron chi connectivity index (χ2n) is 6.19. The molecule has 4 heteroatoms. The van der Waals surface area contributed by atoms with Crippen LogP contribution in [0.15, 0.2) is 0 Å². The van der Waals surface area contributed by atoms with Gasteiger partial charge in [-0.25, -0.2) is 4.79 Å². The molecule has 0 spiro atoms. The van der Waals surface area contributed by atoms with Crippen LogP contribution in [0.1, 0.15) is 53.4 Å². The van der Waals surface area contributed by atoms with Crippen molar-refractivity contribution in [1.29, 1.82) is 0 Å². The number of aliphatic hydroxyl groups is 1. The Labute approximate surface area is 104 Å². The van der Waals surface area contributed by atoms with Gasteiger partial charge in [0.2, 0.25) is 0 Å². The summed E-state index contributed by atoms with van der Waals surface area (Å²) in [5, 5.41) is 12.9. The summed E-state index contributed by atoms with van der Waals surface area (Å²) in [6, 6.07) is 0. The van der Waals surface area contributed by atoms with E-state index in [1.54, 1.807) is 6.92 Å². The molecule has 0 heterocycles. The summed E-state index contributed by atoms with van der Waals surface area (Å²) in [6.45, 7) is 7.51. The highest BCUT2D eigenvalue weighted by molar-refractivity contribution is 5.67. The van der Waals surface area contributed by atoms with Gasteiger partial charge < -0.3 is 15.2 Å². The number of carbonyl (C=O) groups excluding carboxylic acids is 1. The van der Waals surface area contributed by atoms with Crippen LogP contribution in [0.25, 0.3) is 0 Å². The van der Waals surface area contributed by atoms with Gasteiger partial charge in [-0.15, -0.1) is 0 Å². The molecule has 0 aliphatic heterocycles. The van der Waals surface area contributed by atoms with E-state index in [1.807, 2.05) is 20.8 Å².